The Kier molecular flexibility index (Phi) is 9.63. The van der Waals surface area contributed by atoms with Gasteiger partial charge in [-0.05, 0) is 135 Å². The minimum atomic E-state index is -0.378. The van der Waals surface area contributed by atoms with Crippen molar-refractivity contribution in [2.24, 2.45) is 0 Å². The minimum Gasteiger partial charge on any atom is -0.457 e. The quantitative estimate of drug-likeness (QED) is 0.121. The van der Waals surface area contributed by atoms with E-state index < -0.39 is 0 Å². The van der Waals surface area contributed by atoms with Gasteiger partial charge in [0.2, 0.25) is 0 Å². The molecule has 0 spiro atoms. The van der Waals surface area contributed by atoms with Gasteiger partial charge in [-0.25, -0.2) is 9.69 Å². The fourth-order valence-electron chi connectivity index (χ4n) is 4.08. The highest BCUT2D eigenvalue weighted by atomic mass is 127. The smallest absolute Gasteiger partial charge is 0.457 e. The second-order valence-electron chi connectivity index (χ2n) is 10.9. The fraction of sp³-hybridized carbons (Fsp3) is 0.235. The predicted molar refractivity (Wildman–Crippen MR) is 176 cm³/mol. The van der Waals surface area contributed by atoms with Gasteiger partial charge in [-0.2, -0.15) is 0 Å². The van der Waals surface area contributed by atoms with Crippen LogP contribution in [0.2, 0.25) is 0 Å². The molecule has 1 fully saturated rings. The number of aryl methyl sites for hydroxylation is 2. The Morgan fingerprint density at radius 3 is 1.43 bits per heavy atom. The maximum Gasteiger partial charge on any atom is 0.495 e. The van der Waals surface area contributed by atoms with E-state index in [4.69, 9.17) is 31.9 Å². The highest BCUT2D eigenvalue weighted by Crippen LogP contribution is 2.37. The zero-order valence-corrected chi connectivity index (χ0v) is 26.7. The van der Waals surface area contributed by atoms with Gasteiger partial charge in [0.25, 0.3) is 0 Å². The maximum absolute atomic E-state index is 6.99. The molecule has 8 heteroatoms. The molecule has 6 nitrogen and oxygen atoms in total. The van der Waals surface area contributed by atoms with Gasteiger partial charge in [-0.15, -0.1) is 0 Å². The molecular formula is C34H32BIN2O4. The first-order valence-corrected chi connectivity index (χ1v) is 14.5. The molecular weight excluding hydrogens is 638 g/mol. The lowest BCUT2D eigenvalue weighted by molar-refractivity contribution is 0.00578. The van der Waals surface area contributed by atoms with Crippen LogP contribution in [0.15, 0.2) is 84.9 Å². The zero-order chi connectivity index (χ0) is 30.5. The summed E-state index contributed by atoms with van der Waals surface area (Å²) in [5, 5.41) is 0. The molecule has 0 atom stereocenters. The normalized spacial score (nSPS) is 14.6. The van der Waals surface area contributed by atoms with E-state index in [-0.39, 0.29) is 18.3 Å². The number of hydrogen-bond donors (Lipinski definition) is 0. The summed E-state index contributed by atoms with van der Waals surface area (Å²) >= 11 is 2.29. The third kappa shape index (κ3) is 7.51. The first-order valence-electron chi connectivity index (χ1n) is 13.4. The van der Waals surface area contributed by atoms with Crippen LogP contribution in [0.3, 0.4) is 0 Å². The lowest BCUT2D eigenvalue weighted by Gasteiger charge is -2.32. The van der Waals surface area contributed by atoms with Gasteiger partial charge in [0.1, 0.15) is 23.0 Å². The van der Waals surface area contributed by atoms with Crippen LogP contribution in [-0.2, 0) is 9.31 Å². The molecule has 0 aliphatic carbocycles. The summed E-state index contributed by atoms with van der Waals surface area (Å²) in [5.74, 6) is 3.01. The molecule has 42 heavy (non-hydrogen) atoms. The lowest BCUT2D eigenvalue weighted by Crippen LogP contribution is -2.41. The first kappa shape index (κ1) is 31.1. The molecule has 5 rings (SSSR count). The number of rotatable bonds is 5. The number of nitrogens with zero attached hydrogens (tertiary/aromatic N) is 2. The molecule has 0 unspecified atom stereocenters. The molecule has 1 aliphatic rings. The summed E-state index contributed by atoms with van der Waals surface area (Å²) in [5.41, 5.74) is 3.76. The average molecular weight is 670 g/mol. The van der Waals surface area contributed by atoms with Crippen molar-refractivity contribution in [1.82, 2.24) is 0 Å². The van der Waals surface area contributed by atoms with Gasteiger partial charge in [0.05, 0.1) is 24.3 Å². The van der Waals surface area contributed by atoms with Gasteiger partial charge in [-0.1, -0.05) is 30.3 Å². The van der Waals surface area contributed by atoms with Crippen molar-refractivity contribution in [3.8, 4) is 23.0 Å². The Labute approximate surface area is 262 Å². The molecule has 212 valence electrons. The van der Waals surface area contributed by atoms with Crippen molar-refractivity contribution in [3.63, 3.8) is 0 Å². The monoisotopic (exact) mass is 670 g/mol. The number of benzene rings is 4. The van der Waals surface area contributed by atoms with E-state index in [2.05, 4.69) is 39.2 Å². The van der Waals surface area contributed by atoms with Crippen LogP contribution in [0.5, 0.6) is 23.0 Å². The number of halogens is 1. The third-order valence-electron chi connectivity index (χ3n) is 7.28. The fourth-order valence-corrected chi connectivity index (χ4v) is 4.41. The van der Waals surface area contributed by atoms with Crippen LogP contribution >= 0.6 is 22.6 Å². The summed E-state index contributed by atoms with van der Waals surface area (Å²) in [6.07, 6.45) is 0. The number of ether oxygens (including phenoxy) is 2. The summed E-state index contributed by atoms with van der Waals surface area (Å²) in [7, 11) is -0.378. The predicted octanol–water partition coefficient (Wildman–Crippen LogP) is 9.58. The Hall–Kier alpha value is -3.83. The highest BCUT2D eigenvalue weighted by molar-refractivity contribution is 14.1. The second kappa shape index (κ2) is 13.0. The summed E-state index contributed by atoms with van der Waals surface area (Å²) in [6, 6.07) is 26.0. The van der Waals surface area contributed by atoms with Crippen molar-refractivity contribution in [3.05, 3.63) is 122 Å². The SMILES string of the molecule is [C-]#[N+]c1ccc(Oc2ccc(B3OC(C)(C)C(C)(C)O3)c(C)c2)cc1.[C-]#[N+]c1ccc(Oc2ccc(I)c(C)c2)cc1. The zero-order valence-electron chi connectivity index (χ0n) is 24.6. The molecule has 1 saturated heterocycles. The molecule has 0 saturated carbocycles. The van der Waals surface area contributed by atoms with E-state index >= 15 is 0 Å². The van der Waals surface area contributed by atoms with Gasteiger partial charge in [0, 0.05) is 3.57 Å². The molecule has 1 heterocycles. The molecule has 1 aliphatic heterocycles. The van der Waals surface area contributed by atoms with Crippen LogP contribution < -0.4 is 14.9 Å². The molecule has 4 aromatic rings. The van der Waals surface area contributed by atoms with E-state index in [0.717, 1.165) is 28.3 Å². The van der Waals surface area contributed by atoms with Crippen molar-refractivity contribution in [2.45, 2.75) is 52.7 Å². The second-order valence-corrected chi connectivity index (χ2v) is 12.1. The lowest BCUT2D eigenvalue weighted by atomic mass is 9.76. The van der Waals surface area contributed by atoms with Crippen LogP contribution in [-0.4, -0.2) is 18.3 Å². The van der Waals surface area contributed by atoms with Gasteiger partial charge >= 0.3 is 7.12 Å². The molecule has 4 aromatic carbocycles. The standard InChI is InChI=1S/C20H22BNO3.C14H10INO/c1-14-13-17(23-16-9-7-15(22-6)8-10-16)11-12-18(14)21-24-19(2,3)20(4,5)25-21;1-10-9-13(7-8-14(10)15)17-12-5-3-11(16-2)4-6-12/h7-13H,1-5H3;3-9H,1H3. The molecule has 0 amide bonds. The average Bonchev–Trinajstić information content (AvgIpc) is 3.18. The van der Waals surface area contributed by atoms with E-state index in [1.165, 1.54) is 9.13 Å². The van der Waals surface area contributed by atoms with E-state index in [1.54, 1.807) is 48.5 Å². The van der Waals surface area contributed by atoms with Gasteiger partial charge in [0.15, 0.2) is 11.4 Å². The van der Waals surface area contributed by atoms with Crippen LogP contribution in [0, 0.1) is 30.6 Å². The summed E-state index contributed by atoms with van der Waals surface area (Å²) in [4.78, 5) is 6.72. The molecule has 0 N–H and O–H groups in total. The first-order chi connectivity index (χ1) is 19.9. The van der Waals surface area contributed by atoms with Crippen LogP contribution in [0.25, 0.3) is 9.69 Å². The van der Waals surface area contributed by atoms with Crippen LogP contribution in [0.1, 0.15) is 38.8 Å². The topological polar surface area (TPSA) is 45.6 Å². The molecule has 0 aromatic heterocycles. The Balaban J connectivity index is 0.000000208. The van der Waals surface area contributed by atoms with Crippen molar-refractivity contribution < 1.29 is 18.8 Å². The Bertz CT molecular complexity index is 1620. The summed E-state index contributed by atoms with van der Waals surface area (Å²) < 4.78 is 25.0. The Morgan fingerprint density at radius 1 is 0.619 bits per heavy atom. The van der Waals surface area contributed by atoms with Crippen LogP contribution in [0.4, 0.5) is 11.4 Å². The Morgan fingerprint density at radius 2 is 1.02 bits per heavy atom. The summed E-state index contributed by atoms with van der Waals surface area (Å²) in [6.45, 7) is 26.1. The van der Waals surface area contributed by atoms with Gasteiger partial charge in [-0.3, -0.25) is 0 Å². The van der Waals surface area contributed by atoms with Crippen molar-refractivity contribution in [2.75, 3.05) is 0 Å². The largest absolute Gasteiger partial charge is 0.495 e. The minimum absolute atomic E-state index is 0.357. The van der Waals surface area contributed by atoms with Gasteiger partial charge < -0.3 is 18.8 Å². The van der Waals surface area contributed by atoms with Crippen molar-refractivity contribution in [1.29, 1.82) is 0 Å². The van der Waals surface area contributed by atoms with E-state index in [1.807, 2.05) is 71.0 Å². The van der Waals surface area contributed by atoms with E-state index in [9.17, 15) is 0 Å². The molecule has 0 bridgehead atoms. The highest BCUT2D eigenvalue weighted by Gasteiger charge is 2.52. The molecule has 0 radical (unpaired) electrons. The van der Waals surface area contributed by atoms with Crippen molar-refractivity contribution >= 4 is 46.5 Å². The third-order valence-corrected chi connectivity index (χ3v) is 8.49. The van der Waals surface area contributed by atoms with E-state index in [0.29, 0.717) is 17.1 Å². The number of hydrogen-bond acceptors (Lipinski definition) is 4. The maximum atomic E-state index is 6.99.